The number of alkyl halides is 3. The van der Waals surface area contributed by atoms with Gasteiger partial charge in [-0.25, -0.2) is 0 Å². The predicted octanol–water partition coefficient (Wildman–Crippen LogP) is 3.53. The standard InChI is InChI=1S/C13H16F3O3S2/c14-13(15,16)21(17,18)19-20(12-8-4-5-9-12)10-11-6-2-1-3-7-11/h1-3,6-7,12H,4-5,8-10H2/q+1. The van der Waals surface area contributed by atoms with E-state index in [1.165, 1.54) is 0 Å². The van der Waals surface area contributed by atoms with Gasteiger partial charge in [-0.1, -0.05) is 30.3 Å². The van der Waals surface area contributed by atoms with Gasteiger partial charge in [-0.15, -0.1) is 0 Å². The van der Waals surface area contributed by atoms with Gasteiger partial charge in [0.25, 0.3) is 0 Å². The van der Waals surface area contributed by atoms with Crippen LogP contribution in [0.5, 0.6) is 0 Å². The third-order valence-corrected chi connectivity index (χ3v) is 7.10. The Kier molecular flexibility index (Phi) is 5.21. The van der Waals surface area contributed by atoms with Crippen molar-refractivity contribution in [3.63, 3.8) is 0 Å². The Bertz CT molecular complexity index is 552. The smallest absolute Gasteiger partial charge is 0.185 e. The molecule has 2 rings (SSSR count). The highest BCUT2D eigenvalue weighted by Gasteiger charge is 2.54. The molecule has 0 spiro atoms. The molecular weight excluding hydrogens is 325 g/mol. The topological polar surface area (TPSA) is 43.4 Å². The van der Waals surface area contributed by atoms with E-state index in [9.17, 15) is 21.6 Å². The van der Waals surface area contributed by atoms with Gasteiger partial charge in [0.2, 0.25) is 0 Å². The number of halogens is 3. The lowest BCUT2D eigenvalue weighted by Crippen LogP contribution is -2.33. The molecule has 3 nitrogen and oxygen atoms in total. The zero-order valence-corrected chi connectivity index (χ0v) is 12.8. The molecule has 1 atom stereocenters. The van der Waals surface area contributed by atoms with Crippen LogP contribution in [0.25, 0.3) is 0 Å². The number of rotatable bonds is 5. The average Bonchev–Trinajstić information content (AvgIpc) is 2.91. The molecule has 0 saturated heterocycles. The van der Waals surface area contributed by atoms with Gasteiger partial charge in [-0.3, -0.25) is 0 Å². The van der Waals surface area contributed by atoms with Crippen molar-refractivity contribution >= 4 is 21.3 Å². The zero-order valence-electron chi connectivity index (χ0n) is 11.2. The summed E-state index contributed by atoms with van der Waals surface area (Å²) in [6.07, 6.45) is 3.23. The molecule has 0 heterocycles. The Morgan fingerprint density at radius 3 is 2.24 bits per heavy atom. The molecule has 8 heteroatoms. The minimum atomic E-state index is -5.54. The van der Waals surface area contributed by atoms with Gasteiger partial charge in [0.05, 0.1) is 0 Å². The first-order chi connectivity index (χ1) is 9.79. The highest BCUT2D eigenvalue weighted by molar-refractivity contribution is 8.03. The highest BCUT2D eigenvalue weighted by Crippen LogP contribution is 2.34. The van der Waals surface area contributed by atoms with Crippen molar-refractivity contribution in [2.24, 2.45) is 0 Å². The maximum absolute atomic E-state index is 12.5. The van der Waals surface area contributed by atoms with E-state index in [1.807, 2.05) is 0 Å². The van der Waals surface area contributed by atoms with E-state index < -0.39 is 26.8 Å². The summed E-state index contributed by atoms with van der Waals surface area (Å²) in [5.41, 5.74) is -4.59. The van der Waals surface area contributed by atoms with Crippen LogP contribution >= 0.6 is 0 Å². The van der Waals surface area contributed by atoms with Crippen molar-refractivity contribution in [2.75, 3.05) is 0 Å². The molecule has 0 N–H and O–H groups in total. The van der Waals surface area contributed by atoms with Gasteiger partial charge in [0.1, 0.15) is 0 Å². The minimum Gasteiger partial charge on any atom is -0.185 e. The molecule has 21 heavy (non-hydrogen) atoms. The zero-order chi connectivity index (χ0) is 15.5. The van der Waals surface area contributed by atoms with Crippen LogP contribution in [0.1, 0.15) is 31.2 Å². The van der Waals surface area contributed by atoms with E-state index in [2.05, 4.69) is 3.63 Å². The van der Waals surface area contributed by atoms with Crippen molar-refractivity contribution < 1.29 is 25.2 Å². The lowest BCUT2D eigenvalue weighted by atomic mass is 10.2. The van der Waals surface area contributed by atoms with E-state index in [0.29, 0.717) is 12.8 Å². The Morgan fingerprint density at radius 2 is 1.71 bits per heavy atom. The Labute approximate surface area is 125 Å². The molecule has 0 bridgehead atoms. The largest absolute Gasteiger partial charge is 0.527 e. The molecule has 118 valence electrons. The van der Waals surface area contributed by atoms with E-state index in [4.69, 9.17) is 0 Å². The molecular formula is C13H16F3O3S2+. The van der Waals surface area contributed by atoms with Gasteiger partial charge in [0, 0.05) is 5.56 Å². The first-order valence-electron chi connectivity index (χ1n) is 6.54. The molecule has 1 aliphatic rings. The summed E-state index contributed by atoms with van der Waals surface area (Å²) in [6, 6.07) is 8.86. The van der Waals surface area contributed by atoms with E-state index in [0.717, 1.165) is 18.4 Å². The van der Waals surface area contributed by atoms with Crippen molar-refractivity contribution in [2.45, 2.75) is 42.2 Å². The molecule has 1 fully saturated rings. The third-order valence-electron chi connectivity index (χ3n) is 3.29. The van der Waals surface area contributed by atoms with Gasteiger partial charge < -0.3 is 0 Å². The van der Waals surface area contributed by atoms with Crippen LogP contribution in [-0.4, -0.2) is 19.2 Å². The third kappa shape index (κ3) is 4.37. The predicted molar refractivity (Wildman–Crippen MR) is 75.8 cm³/mol. The van der Waals surface area contributed by atoms with Crippen molar-refractivity contribution in [3.8, 4) is 0 Å². The molecule has 0 amide bonds. The van der Waals surface area contributed by atoms with Crippen molar-refractivity contribution in [1.82, 2.24) is 0 Å². The van der Waals surface area contributed by atoms with Crippen LogP contribution < -0.4 is 0 Å². The van der Waals surface area contributed by atoms with Crippen LogP contribution in [-0.2, 0) is 30.7 Å². The second-order valence-corrected chi connectivity index (χ2v) is 8.52. The van der Waals surface area contributed by atoms with Gasteiger partial charge in [-0.05, 0) is 29.3 Å². The van der Waals surface area contributed by atoms with E-state index in [-0.39, 0.29) is 11.0 Å². The number of benzene rings is 1. The molecule has 1 unspecified atom stereocenters. The summed E-state index contributed by atoms with van der Waals surface area (Å²) < 4.78 is 64.6. The first kappa shape index (κ1) is 16.6. The lowest BCUT2D eigenvalue weighted by Gasteiger charge is -2.13. The fraction of sp³-hybridized carbons (Fsp3) is 0.538. The fourth-order valence-corrected chi connectivity index (χ4v) is 5.72. The summed E-state index contributed by atoms with van der Waals surface area (Å²) in [5, 5.41) is -0.123. The van der Waals surface area contributed by atoms with Crippen LogP contribution in [0.4, 0.5) is 13.2 Å². The summed E-state index contributed by atoms with van der Waals surface area (Å²) >= 11 is -1.27. The molecule has 1 aliphatic carbocycles. The Morgan fingerprint density at radius 1 is 1.14 bits per heavy atom. The normalized spacial score (nSPS) is 18.8. The second kappa shape index (κ2) is 6.58. The molecule has 0 aromatic heterocycles. The van der Waals surface area contributed by atoms with Crippen LogP contribution in [0, 0.1) is 0 Å². The SMILES string of the molecule is O=S(=O)(O[S+](Cc1ccccc1)C1CCCC1)C(F)(F)F. The van der Waals surface area contributed by atoms with Crippen molar-refractivity contribution in [1.29, 1.82) is 0 Å². The van der Waals surface area contributed by atoms with Crippen LogP contribution in [0.3, 0.4) is 0 Å². The molecule has 1 aromatic carbocycles. The average molecular weight is 341 g/mol. The minimum absolute atomic E-state index is 0.123. The lowest BCUT2D eigenvalue weighted by molar-refractivity contribution is -0.0496. The van der Waals surface area contributed by atoms with Crippen molar-refractivity contribution in [3.05, 3.63) is 35.9 Å². The van der Waals surface area contributed by atoms with Gasteiger partial charge >= 0.3 is 15.6 Å². The van der Waals surface area contributed by atoms with E-state index >= 15 is 0 Å². The summed E-state index contributed by atoms with van der Waals surface area (Å²) in [5.74, 6) is 0.195. The molecule has 0 aliphatic heterocycles. The van der Waals surface area contributed by atoms with Gasteiger partial charge in [-0.2, -0.15) is 21.6 Å². The van der Waals surface area contributed by atoms with Crippen LogP contribution in [0.15, 0.2) is 30.3 Å². The molecule has 1 aromatic rings. The fourth-order valence-electron chi connectivity index (χ4n) is 2.24. The monoisotopic (exact) mass is 341 g/mol. The highest BCUT2D eigenvalue weighted by atomic mass is 32.3. The second-order valence-electron chi connectivity index (χ2n) is 4.89. The summed E-state index contributed by atoms with van der Waals surface area (Å²) in [7, 11) is -5.54. The van der Waals surface area contributed by atoms with E-state index in [1.54, 1.807) is 30.3 Å². The molecule has 1 saturated carbocycles. The van der Waals surface area contributed by atoms with Crippen LogP contribution in [0.2, 0.25) is 0 Å². The first-order valence-corrected chi connectivity index (χ1v) is 9.33. The number of hydrogen-bond acceptors (Lipinski definition) is 3. The quantitative estimate of drug-likeness (QED) is 0.608. The maximum atomic E-state index is 12.5. The Balaban J connectivity index is 2.17. The number of hydrogen-bond donors (Lipinski definition) is 0. The maximum Gasteiger partial charge on any atom is 0.527 e. The Hall–Kier alpha value is -0.730. The molecule has 0 radical (unpaired) electrons. The summed E-state index contributed by atoms with van der Waals surface area (Å²) in [4.78, 5) is 0. The van der Waals surface area contributed by atoms with Gasteiger partial charge in [0.15, 0.2) is 22.2 Å². The summed E-state index contributed by atoms with van der Waals surface area (Å²) in [6.45, 7) is 0.